The Morgan fingerprint density at radius 1 is 1.12 bits per heavy atom. The molecule has 8 nitrogen and oxygen atoms in total. The van der Waals surface area contributed by atoms with Gasteiger partial charge in [-0.15, -0.1) is 0 Å². The van der Waals surface area contributed by atoms with Crippen molar-refractivity contribution in [1.82, 2.24) is 4.57 Å². The van der Waals surface area contributed by atoms with E-state index in [4.69, 9.17) is 14.2 Å². The third-order valence-corrected chi connectivity index (χ3v) is 4.97. The standard InChI is InChI=1S/C24H30FNO7/c1-23(2,3)32-17(27)9-7-8-13-18-14-10-11-31-20(14)15(25)12-16(18)26(19(13)21(28)29)22(30)33-24(4,5)6/h12H,7-11H2,1-6H3,(H,28,29). The molecule has 1 aliphatic heterocycles. The Balaban J connectivity index is 2.12. The lowest BCUT2D eigenvalue weighted by Gasteiger charge is -2.20. The minimum absolute atomic E-state index is 0.0640. The third-order valence-electron chi connectivity index (χ3n) is 4.97. The number of aromatic nitrogens is 1. The molecule has 1 aromatic carbocycles. The molecule has 2 aromatic rings. The molecule has 0 aliphatic carbocycles. The van der Waals surface area contributed by atoms with Gasteiger partial charge in [-0.25, -0.2) is 18.5 Å². The maximum atomic E-state index is 14.8. The second-order valence-corrected chi connectivity index (χ2v) is 10.0. The molecule has 1 aromatic heterocycles. The van der Waals surface area contributed by atoms with Gasteiger partial charge < -0.3 is 19.3 Å². The molecule has 33 heavy (non-hydrogen) atoms. The first-order valence-electron chi connectivity index (χ1n) is 10.9. The summed E-state index contributed by atoms with van der Waals surface area (Å²) in [6.07, 6.45) is -0.0162. The first kappa shape index (κ1) is 24.5. The lowest BCUT2D eigenvalue weighted by molar-refractivity contribution is -0.154. The minimum atomic E-state index is -1.35. The second-order valence-electron chi connectivity index (χ2n) is 10.0. The van der Waals surface area contributed by atoms with Gasteiger partial charge in [0.05, 0.1) is 12.1 Å². The van der Waals surface area contributed by atoms with Gasteiger partial charge in [0.25, 0.3) is 0 Å². The summed E-state index contributed by atoms with van der Waals surface area (Å²) in [5.74, 6) is -2.36. The molecule has 1 N–H and O–H groups in total. The molecular weight excluding hydrogens is 433 g/mol. The summed E-state index contributed by atoms with van der Waals surface area (Å²) in [5.41, 5.74) is -0.862. The number of aryl methyl sites for hydroxylation is 1. The molecule has 9 heteroatoms. The number of carboxylic acid groups (broad SMARTS) is 1. The van der Waals surface area contributed by atoms with E-state index in [2.05, 4.69) is 0 Å². The molecule has 0 saturated carbocycles. The summed E-state index contributed by atoms with van der Waals surface area (Å²) in [7, 11) is 0. The first-order valence-corrected chi connectivity index (χ1v) is 10.9. The number of ether oxygens (including phenoxy) is 3. The SMILES string of the molecule is CC(C)(C)OC(=O)CCCc1c(C(=O)O)n(C(=O)OC(C)(C)C)c2cc(F)c3c(c12)CCO3. The average Bonchev–Trinajstić information content (AvgIpc) is 3.21. The number of carboxylic acids is 1. The van der Waals surface area contributed by atoms with Crippen LogP contribution in [0.1, 0.15) is 76.0 Å². The summed E-state index contributed by atoms with van der Waals surface area (Å²) in [6, 6.07) is 1.10. The van der Waals surface area contributed by atoms with Crippen LogP contribution in [0.5, 0.6) is 5.75 Å². The Kier molecular flexibility index (Phi) is 6.46. The fourth-order valence-corrected chi connectivity index (χ4v) is 3.97. The predicted molar refractivity (Wildman–Crippen MR) is 118 cm³/mol. The number of hydrogen-bond donors (Lipinski definition) is 1. The van der Waals surface area contributed by atoms with Gasteiger partial charge in [0.2, 0.25) is 0 Å². The number of hydrogen-bond acceptors (Lipinski definition) is 6. The molecule has 0 fully saturated rings. The van der Waals surface area contributed by atoms with Crippen molar-refractivity contribution >= 4 is 28.9 Å². The molecule has 0 unspecified atom stereocenters. The summed E-state index contributed by atoms with van der Waals surface area (Å²) < 4.78 is 31.8. The molecule has 2 heterocycles. The smallest absolute Gasteiger partial charge is 0.419 e. The Labute approximate surface area is 191 Å². The van der Waals surface area contributed by atoms with Gasteiger partial charge in [-0.05, 0) is 59.9 Å². The van der Waals surface area contributed by atoms with Gasteiger partial charge in [-0.2, -0.15) is 0 Å². The van der Waals surface area contributed by atoms with Crippen molar-refractivity contribution in [3.63, 3.8) is 0 Å². The highest BCUT2D eigenvalue weighted by Crippen LogP contribution is 2.40. The van der Waals surface area contributed by atoms with Crippen LogP contribution in [0.3, 0.4) is 0 Å². The number of halogens is 1. The van der Waals surface area contributed by atoms with Crippen LogP contribution < -0.4 is 4.74 Å². The lowest BCUT2D eigenvalue weighted by Crippen LogP contribution is -2.29. The lowest BCUT2D eigenvalue weighted by atomic mass is 9.98. The van der Waals surface area contributed by atoms with E-state index >= 15 is 0 Å². The highest BCUT2D eigenvalue weighted by Gasteiger charge is 2.33. The third kappa shape index (κ3) is 5.29. The van der Waals surface area contributed by atoms with E-state index in [1.165, 1.54) is 0 Å². The van der Waals surface area contributed by atoms with E-state index in [0.29, 0.717) is 22.9 Å². The van der Waals surface area contributed by atoms with Gasteiger partial charge in [-0.3, -0.25) is 4.79 Å². The number of fused-ring (bicyclic) bond motifs is 3. The number of benzene rings is 1. The van der Waals surface area contributed by atoms with Gasteiger partial charge in [0, 0.05) is 29.9 Å². The number of carbonyl (C=O) groups is 3. The quantitative estimate of drug-likeness (QED) is 0.632. The van der Waals surface area contributed by atoms with Crippen molar-refractivity contribution < 1.29 is 38.1 Å². The van der Waals surface area contributed by atoms with Crippen LogP contribution in [0.2, 0.25) is 0 Å². The van der Waals surface area contributed by atoms with Crippen molar-refractivity contribution in [2.45, 2.75) is 78.4 Å². The second kappa shape index (κ2) is 8.68. The van der Waals surface area contributed by atoms with Crippen LogP contribution in [-0.2, 0) is 27.1 Å². The zero-order chi connectivity index (χ0) is 24.7. The molecule has 0 amide bonds. The number of esters is 1. The number of rotatable bonds is 5. The molecule has 3 rings (SSSR count). The van der Waals surface area contributed by atoms with Crippen LogP contribution in [0.25, 0.3) is 10.9 Å². The Morgan fingerprint density at radius 3 is 2.33 bits per heavy atom. The first-order chi connectivity index (χ1) is 15.2. The normalized spacial score (nSPS) is 13.5. The summed E-state index contributed by atoms with van der Waals surface area (Å²) in [6.45, 7) is 10.5. The zero-order valence-corrected chi connectivity index (χ0v) is 19.8. The maximum Gasteiger partial charge on any atom is 0.419 e. The summed E-state index contributed by atoms with van der Waals surface area (Å²) >= 11 is 0. The van der Waals surface area contributed by atoms with E-state index < -0.39 is 35.1 Å². The minimum Gasteiger partial charge on any atom is -0.490 e. The Morgan fingerprint density at radius 2 is 1.76 bits per heavy atom. The molecule has 1 aliphatic rings. The van der Waals surface area contributed by atoms with Crippen LogP contribution in [0.15, 0.2) is 6.07 Å². The fourth-order valence-electron chi connectivity index (χ4n) is 3.97. The highest BCUT2D eigenvalue weighted by molar-refractivity contribution is 6.05. The monoisotopic (exact) mass is 463 g/mol. The van der Waals surface area contributed by atoms with Crippen molar-refractivity contribution in [3.05, 3.63) is 28.7 Å². The van der Waals surface area contributed by atoms with Gasteiger partial charge in [0.15, 0.2) is 11.6 Å². The molecular formula is C24H30FNO7. The van der Waals surface area contributed by atoms with Gasteiger partial charge in [-0.1, -0.05) is 0 Å². The molecule has 0 radical (unpaired) electrons. The van der Waals surface area contributed by atoms with Crippen molar-refractivity contribution in [2.75, 3.05) is 6.61 Å². The summed E-state index contributed by atoms with van der Waals surface area (Å²) in [5, 5.41) is 10.5. The van der Waals surface area contributed by atoms with Crippen LogP contribution in [0.4, 0.5) is 9.18 Å². The predicted octanol–water partition coefficient (Wildman–Crippen LogP) is 4.86. The van der Waals surface area contributed by atoms with Crippen molar-refractivity contribution in [1.29, 1.82) is 0 Å². The van der Waals surface area contributed by atoms with E-state index in [1.54, 1.807) is 41.5 Å². The topological polar surface area (TPSA) is 104 Å². The van der Waals surface area contributed by atoms with Crippen LogP contribution in [0, 0.1) is 5.82 Å². The average molecular weight is 464 g/mol. The summed E-state index contributed by atoms with van der Waals surface area (Å²) in [4.78, 5) is 37.5. The van der Waals surface area contributed by atoms with Gasteiger partial charge >= 0.3 is 18.0 Å². The number of carbonyl (C=O) groups excluding carboxylic acids is 2. The largest absolute Gasteiger partial charge is 0.490 e. The van der Waals surface area contributed by atoms with Crippen LogP contribution in [-0.4, -0.2) is 45.5 Å². The van der Waals surface area contributed by atoms with Crippen LogP contribution >= 0.6 is 0 Å². The Bertz CT molecular complexity index is 1120. The van der Waals surface area contributed by atoms with E-state index in [0.717, 1.165) is 10.6 Å². The zero-order valence-electron chi connectivity index (χ0n) is 19.8. The Hall–Kier alpha value is -3.10. The number of nitrogens with zero attached hydrogens (tertiary/aromatic N) is 1. The van der Waals surface area contributed by atoms with Gasteiger partial charge in [0.1, 0.15) is 16.9 Å². The highest BCUT2D eigenvalue weighted by atomic mass is 19.1. The fraction of sp³-hybridized carbons (Fsp3) is 0.542. The number of aromatic carboxylic acids is 1. The van der Waals surface area contributed by atoms with Crippen molar-refractivity contribution in [3.8, 4) is 5.75 Å². The van der Waals surface area contributed by atoms with Crippen molar-refractivity contribution in [2.24, 2.45) is 0 Å². The molecule has 0 saturated heterocycles. The molecule has 0 spiro atoms. The van der Waals surface area contributed by atoms with E-state index in [1.807, 2.05) is 0 Å². The van der Waals surface area contributed by atoms with E-state index in [-0.39, 0.29) is 42.8 Å². The molecule has 180 valence electrons. The maximum absolute atomic E-state index is 14.8. The van der Waals surface area contributed by atoms with E-state index in [9.17, 15) is 23.9 Å². The molecule has 0 bridgehead atoms. The molecule has 0 atom stereocenters.